The van der Waals surface area contributed by atoms with Crippen molar-refractivity contribution in [1.29, 1.82) is 0 Å². The molecular weight excluding hydrogens is 346 g/mol. The Kier molecular flexibility index (Phi) is 5.86. The number of aromatic nitrogens is 2. The van der Waals surface area contributed by atoms with Crippen molar-refractivity contribution in [1.82, 2.24) is 9.97 Å². The first-order chi connectivity index (χ1) is 12.7. The summed E-state index contributed by atoms with van der Waals surface area (Å²) in [5.41, 5.74) is 8.77. The third-order valence-electron chi connectivity index (χ3n) is 3.84. The molecule has 6 heteroatoms. The Hall–Kier alpha value is -2.86. The van der Waals surface area contributed by atoms with E-state index in [2.05, 4.69) is 9.97 Å². The number of nitrogens with zero attached hydrogens (tertiary/aromatic N) is 2. The number of nitrogens with two attached hydrogens (primary N) is 1. The van der Waals surface area contributed by atoms with Gasteiger partial charge < -0.3 is 10.5 Å². The standard InChI is InChI=1S/C20H19N3O2S/c1-26-20-22-12-17(11-14-7-9-16(10-8-14)18(21)24)19(23-20)25-13-15-5-3-2-4-6-15/h2-10,12H,11,13H2,1H3,(H2,21,24). The van der Waals surface area contributed by atoms with Crippen molar-refractivity contribution >= 4 is 17.7 Å². The minimum absolute atomic E-state index is 0.434. The quantitative estimate of drug-likeness (QED) is 0.512. The molecule has 2 aromatic carbocycles. The van der Waals surface area contributed by atoms with Gasteiger partial charge >= 0.3 is 0 Å². The third kappa shape index (κ3) is 4.61. The SMILES string of the molecule is CSc1ncc(Cc2ccc(C(N)=O)cc2)c(OCc2ccccc2)n1. The van der Waals surface area contributed by atoms with E-state index in [1.165, 1.54) is 11.8 Å². The van der Waals surface area contributed by atoms with E-state index in [-0.39, 0.29) is 0 Å². The van der Waals surface area contributed by atoms with Crippen molar-refractivity contribution in [3.63, 3.8) is 0 Å². The number of hydrogen-bond donors (Lipinski definition) is 1. The number of carbonyl (C=O) groups is 1. The lowest BCUT2D eigenvalue weighted by Crippen LogP contribution is -2.10. The highest BCUT2D eigenvalue weighted by Gasteiger charge is 2.10. The number of thioether (sulfide) groups is 1. The summed E-state index contributed by atoms with van der Waals surface area (Å²) in [5, 5.41) is 0.667. The van der Waals surface area contributed by atoms with Crippen LogP contribution >= 0.6 is 11.8 Å². The number of hydrogen-bond acceptors (Lipinski definition) is 5. The number of amides is 1. The van der Waals surface area contributed by atoms with E-state index in [0.717, 1.165) is 16.7 Å². The zero-order chi connectivity index (χ0) is 18.4. The number of primary amides is 1. The van der Waals surface area contributed by atoms with Crippen LogP contribution in [-0.4, -0.2) is 22.1 Å². The topological polar surface area (TPSA) is 78.1 Å². The molecule has 0 unspecified atom stereocenters. The molecule has 0 fully saturated rings. The smallest absolute Gasteiger partial charge is 0.248 e. The van der Waals surface area contributed by atoms with Crippen LogP contribution in [0.15, 0.2) is 66.0 Å². The zero-order valence-electron chi connectivity index (χ0n) is 14.4. The predicted molar refractivity (Wildman–Crippen MR) is 102 cm³/mol. The van der Waals surface area contributed by atoms with E-state index in [9.17, 15) is 4.79 Å². The Morgan fingerprint density at radius 1 is 1.08 bits per heavy atom. The monoisotopic (exact) mass is 365 g/mol. The fourth-order valence-electron chi connectivity index (χ4n) is 2.45. The van der Waals surface area contributed by atoms with Gasteiger partial charge in [-0.2, -0.15) is 4.98 Å². The fourth-order valence-corrected chi connectivity index (χ4v) is 2.79. The average Bonchev–Trinajstić information content (AvgIpc) is 2.68. The number of ether oxygens (including phenoxy) is 1. The van der Waals surface area contributed by atoms with E-state index < -0.39 is 5.91 Å². The number of carbonyl (C=O) groups excluding carboxylic acids is 1. The lowest BCUT2D eigenvalue weighted by atomic mass is 10.1. The van der Waals surface area contributed by atoms with Crippen LogP contribution < -0.4 is 10.5 Å². The van der Waals surface area contributed by atoms with Gasteiger partial charge in [0.2, 0.25) is 11.8 Å². The molecule has 0 spiro atoms. The Morgan fingerprint density at radius 2 is 1.81 bits per heavy atom. The van der Waals surface area contributed by atoms with Gasteiger partial charge in [0.15, 0.2) is 5.16 Å². The first kappa shape index (κ1) is 17.9. The van der Waals surface area contributed by atoms with Gasteiger partial charge in [0.25, 0.3) is 0 Å². The largest absolute Gasteiger partial charge is 0.472 e. The summed E-state index contributed by atoms with van der Waals surface area (Å²) >= 11 is 1.47. The predicted octanol–water partition coefficient (Wildman–Crippen LogP) is 3.47. The maximum absolute atomic E-state index is 11.2. The molecule has 0 saturated heterocycles. The van der Waals surface area contributed by atoms with Gasteiger partial charge in [0.05, 0.1) is 0 Å². The highest BCUT2D eigenvalue weighted by Crippen LogP contribution is 2.23. The number of benzene rings is 2. The van der Waals surface area contributed by atoms with Gasteiger partial charge in [-0.25, -0.2) is 4.98 Å². The van der Waals surface area contributed by atoms with Gasteiger partial charge in [-0.05, 0) is 29.5 Å². The molecule has 132 valence electrons. The van der Waals surface area contributed by atoms with E-state index >= 15 is 0 Å². The highest BCUT2D eigenvalue weighted by molar-refractivity contribution is 7.98. The Bertz CT molecular complexity index is 883. The molecule has 1 aromatic heterocycles. The number of rotatable bonds is 7. The molecule has 2 N–H and O–H groups in total. The molecule has 1 heterocycles. The molecular formula is C20H19N3O2S. The second kappa shape index (κ2) is 8.49. The first-order valence-electron chi connectivity index (χ1n) is 8.11. The van der Waals surface area contributed by atoms with Crippen LogP contribution in [0.3, 0.4) is 0 Å². The minimum Gasteiger partial charge on any atom is -0.472 e. The molecule has 0 aliphatic rings. The van der Waals surface area contributed by atoms with Crippen molar-refractivity contribution in [2.45, 2.75) is 18.2 Å². The lowest BCUT2D eigenvalue weighted by molar-refractivity contribution is 0.100. The summed E-state index contributed by atoms with van der Waals surface area (Å²) < 4.78 is 5.96. The summed E-state index contributed by atoms with van der Waals surface area (Å²) in [6, 6.07) is 17.2. The summed E-state index contributed by atoms with van der Waals surface area (Å²) in [7, 11) is 0. The minimum atomic E-state index is -0.434. The summed E-state index contributed by atoms with van der Waals surface area (Å²) in [6.07, 6.45) is 4.33. The van der Waals surface area contributed by atoms with Crippen LogP contribution in [0.25, 0.3) is 0 Å². The van der Waals surface area contributed by atoms with Crippen LogP contribution in [0.4, 0.5) is 0 Å². The maximum Gasteiger partial charge on any atom is 0.248 e. The highest BCUT2D eigenvalue weighted by atomic mass is 32.2. The molecule has 5 nitrogen and oxygen atoms in total. The van der Waals surface area contributed by atoms with E-state index in [4.69, 9.17) is 10.5 Å². The average molecular weight is 365 g/mol. The Morgan fingerprint density at radius 3 is 2.46 bits per heavy atom. The molecule has 3 aromatic rings. The molecule has 3 rings (SSSR count). The molecule has 0 aliphatic carbocycles. The van der Waals surface area contributed by atoms with E-state index in [0.29, 0.717) is 29.6 Å². The third-order valence-corrected chi connectivity index (χ3v) is 4.40. The van der Waals surface area contributed by atoms with Crippen LogP contribution in [0.5, 0.6) is 5.88 Å². The van der Waals surface area contributed by atoms with Gasteiger partial charge in [-0.15, -0.1) is 0 Å². The second-order valence-electron chi connectivity index (χ2n) is 5.70. The molecule has 26 heavy (non-hydrogen) atoms. The summed E-state index contributed by atoms with van der Waals surface area (Å²) in [4.78, 5) is 20.1. The first-order valence-corrected chi connectivity index (χ1v) is 9.33. The van der Waals surface area contributed by atoms with E-state index in [1.807, 2.05) is 48.7 Å². The van der Waals surface area contributed by atoms with Crippen molar-refractivity contribution in [3.05, 3.63) is 83.0 Å². The zero-order valence-corrected chi connectivity index (χ0v) is 15.2. The lowest BCUT2D eigenvalue weighted by Gasteiger charge is -2.11. The molecule has 0 bridgehead atoms. The van der Waals surface area contributed by atoms with Crippen LogP contribution in [0.2, 0.25) is 0 Å². The second-order valence-corrected chi connectivity index (χ2v) is 6.47. The van der Waals surface area contributed by atoms with Crippen LogP contribution in [0.1, 0.15) is 27.0 Å². The van der Waals surface area contributed by atoms with Gasteiger partial charge in [0, 0.05) is 23.7 Å². The van der Waals surface area contributed by atoms with Gasteiger partial charge in [-0.3, -0.25) is 4.79 Å². The fraction of sp³-hybridized carbons (Fsp3) is 0.150. The van der Waals surface area contributed by atoms with Crippen molar-refractivity contribution in [3.8, 4) is 5.88 Å². The van der Waals surface area contributed by atoms with Crippen molar-refractivity contribution in [2.75, 3.05) is 6.26 Å². The maximum atomic E-state index is 11.2. The Balaban J connectivity index is 1.80. The normalized spacial score (nSPS) is 10.5. The van der Waals surface area contributed by atoms with Crippen molar-refractivity contribution < 1.29 is 9.53 Å². The summed E-state index contributed by atoms with van der Waals surface area (Å²) in [6.45, 7) is 0.444. The van der Waals surface area contributed by atoms with Crippen LogP contribution in [-0.2, 0) is 13.0 Å². The molecule has 0 aliphatic heterocycles. The van der Waals surface area contributed by atoms with Gasteiger partial charge in [-0.1, -0.05) is 54.2 Å². The van der Waals surface area contributed by atoms with Crippen molar-refractivity contribution in [2.24, 2.45) is 5.73 Å². The molecule has 0 atom stereocenters. The van der Waals surface area contributed by atoms with Gasteiger partial charge in [0.1, 0.15) is 6.61 Å². The van der Waals surface area contributed by atoms with Crippen LogP contribution in [0, 0.1) is 0 Å². The summed E-state index contributed by atoms with van der Waals surface area (Å²) in [5.74, 6) is 0.142. The Labute approximate surface area is 156 Å². The molecule has 1 amide bonds. The molecule has 0 saturated carbocycles. The molecule has 0 radical (unpaired) electrons. The van der Waals surface area contributed by atoms with E-state index in [1.54, 1.807) is 18.3 Å².